The predicted molar refractivity (Wildman–Crippen MR) is 92.7 cm³/mol. The monoisotopic (exact) mass is 354 g/mol. The van der Waals surface area contributed by atoms with Crippen LogP contribution >= 0.6 is 0 Å². The molecule has 130 valence electrons. The first-order valence-corrected chi connectivity index (χ1v) is 7.36. The predicted octanol–water partition coefficient (Wildman–Crippen LogP) is 2.34. The highest BCUT2D eigenvalue weighted by atomic mass is 19.1. The van der Waals surface area contributed by atoms with E-state index < -0.39 is 22.1 Å². The minimum absolute atomic E-state index is 0.00235. The Labute approximate surface area is 145 Å². The molecule has 8 nitrogen and oxygen atoms in total. The smallest absolute Gasteiger partial charge is 0.278 e. The van der Waals surface area contributed by atoms with Crippen LogP contribution in [0.1, 0.15) is 15.9 Å². The van der Waals surface area contributed by atoms with Crippen molar-refractivity contribution in [3.8, 4) is 0 Å². The molecular formula is C17H11FN4O4. The Morgan fingerprint density at radius 3 is 2.77 bits per heavy atom. The Morgan fingerprint density at radius 1 is 1.23 bits per heavy atom. The van der Waals surface area contributed by atoms with Crippen LogP contribution in [0.25, 0.3) is 10.9 Å². The summed E-state index contributed by atoms with van der Waals surface area (Å²) < 4.78 is 13.6. The van der Waals surface area contributed by atoms with Gasteiger partial charge in [0.1, 0.15) is 11.4 Å². The van der Waals surface area contributed by atoms with Gasteiger partial charge in [-0.3, -0.25) is 19.7 Å². The van der Waals surface area contributed by atoms with E-state index in [0.717, 1.165) is 12.4 Å². The number of hydrogen-bond acceptors (Lipinski definition) is 5. The van der Waals surface area contributed by atoms with E-state index in [4.69, 9.17) is 0 Å². The molecule has 1 heterocycles. The average molecular weight is 354 g/mol. The lowest BCUT2D eigenvalue weighted by Crippen LogP contribution is -2.25. The fourth-order valence-corrected chi connectivity index (χ4v) is 2.37. The number of para-hydroxylation sites is 2. The summed E-state index contributed by atoms with van der Waals surface area (Å²) in [7, 11) is 0. The first kappa shape index (κ1) is 17.0. The molecule has 0 fully saturated rings. The van der Waals surface area contributed by atoms with Gasteiger partial charge in [0.25, 0.3) is 11.6 Å². The number of nitrogens with one attached hydrogen (secondary N) is 2. The zero-order valence-corrected chi connectivity index (χ0v) is 13.1. The molecule has 0 spiro atoms. The van der Waals surface area contributed by atoms with Gasteiger partial charge in [-0.2, -0.15) is 5.10 Å². The highest BCUT2D eigenvalue weighted by molar-refractivity contribution is 5.97. The van der Waals surface area contributed by atoms with Crippen molar-refractivity contribution >= 4 is 28.7 Å². The summed E-state index contributed by atoms with van der Waals surface area (Å²) in [5, 5.41) is 14.6. The van der Waals surface area contributed by atoms with Crippen molar-refractivity contribution in [3.05, 3.63) is 85.9 Å². The van der Waals surface area contributed by atoms with Gasteiger partial charge < -0.3 is 4.98 Å². The SMILES string of the molecule is O=C(N/N=C/c1ccccc1[N+](=O)[O-])c1c[nH]c2c(F)cccc2c1=O. The number of amides is 1. The summed E-state index contributed by atoms with van der Waals surface area (Å²) in [5.74, 6) is -1.44. The van der Waals surface area contributed by atoms with E-state index in [-0.39, 0.29) is 27.7 Å². The summed E-state index contributed by atoms with van der Waals surface area (Å²) in [6, 6.07) is 9.78. The van der Waals surface area contributed by atoms with Gasteiger partial charge in [-0.15, -0.1) is 0 Å². The van der Waals surface area contributed by atoms with E-state index in [9.17, 15) is 24.1 Å². The van der Waals surface area contributed by atoms with Crippen LogP contribution in [0.15, 0.2) is 58.6 Å². The average Bonchev–Trinajstić information content (AvgIpc) is 2.63. The van der Waals surface area contributed by atoms with Gasteiger partial charge in [-0.25, -0.2) is 9.82 Å². The summed E-state index contributed by atoms with van der Waals surface area (Å²) in [4.78, 5) is 37.3. The van der Waals surface area contributed by atoms with E-state index in [1.807, 2.05) is 0 Å². The fraction of sp³-hybridized carbons (Fsp3) is 0. The second kappa shape index (κ2) is 6.93. The molecule has 2 aromatic carbocycles. The number of halogens is 1. The molecule has 26 heavy (non-hydrogen) atoms. The number of aromatic nitrogens is 1. The summed E-state index contributed by atoms with van der Waals surface area (Å²) in [6.45, 7) is 0. The van der Waals surface area contributed by atoms with E-state index in [1.54, 1.807) is 6.07 Å². The number of nitro groups is 1. The molecule has 0 saturated heterocycles. The number of fused-ring (bicyclic) bond motifs is 1. The molecule has 1 aromatic heterocycles. The Balaban J connectivity index is 1.86. The summed E-state index contributed by atoms with van der Waals surface area (Å²) in [5.41, 5.74) is 1.22. The second-order valence-electron chi connectivity index (χ2n) is 5.21. The molecule has 0 aliphatic rings. The van der Waals surface area contributed by atoms with Crippen LogP contribution in [0.4, 0.5) is 10.1 Å². The second-order valence-corrected chi connectivity index (χ2v) is 5.21. The number of H-pyrrole nitrogens is 1. The summed E-state index contributed by atoms with van der Waals surface area (Å²) >= 11 is 0. The molecular weight excluding hydrogens is 343 g/mol. The third kappa shape index (κ3) is 3.18. The third-order valence-electron chi connectivity index (χ3n) is 3.61. The largest absolute Gasteiger partial charge is 0.358 e. The summed E-state index contributed by atoms with van der Waals surface area (Å²) in [6.07, 6.45) is 2.19. The zero-order valence-electron chi connectivity index (χ0n) is 13.1. The van der Waals surface area contributed by atoms with Gasteiger partial charge in [-0.1, -0.05) is 18.2 Å². The minimum atomic E-state index is -0.827. The van der Waals surface area contributed by atoms with Crippen LogP contribution in [0.2, 0.25) is 0 Å². The molecule has 0 radical (unpaired) electrons. The van der Waals surface area contributed by atoms with Crippen molar-refractivity contribution in [2.75, 3.05) is 0 Å². The van der Waals surface area contributed by atoms with Crippen molar-refractivity contribution in [1.29, 1.82) is 0 Å². The van der Waals surface area contributed by atoms with Crippen LogP contribution in [-0.4, -0.2) is 22.0 Å². The quantitative estimate of drug-likeness (QED) is 0.425. The minimum Gasteiger partial charge on any atom is -0.358 e. The van der Waals surface area contributed by atoms with Gasteiger partial charge in [-0.05, 0) is 18.2 Å². The number of carbonyl (C=O) groups excluding carboxylic acids is 1. The van der Waals surface area contributed by atoms with Crippen LogP contribution in [-0.2, 0) is 0 Å². The van der Waals surface area contributed by atoms with Crippen LogP contribution in [0.5, 0.6) is 0 Å². The number of nitro benzene ring substituents is 1. The van der Waals surface area contributed by atoms with E-state index in [1.165, 1.54) is 36.4 Å². The van der Waals surface area contributed by atoms with Crippen molar-refractivity contribution in [3.63, 3.8) is 0 Å². The Kier molecular flexibility index (Phi) is 4.52. The number of hydrazone groups is 1. The Bertz CT molecular complexity index is 1110. The number of aromatic amines is 1. The number of hydrogen-bond donors (Lipinski definition) is 2. The van der Waals surface area contributed by atoms with Gasteiger partial charge in [0, 0.05) is 17.6 Å². The highest BCUT2D eigenvalue weighted by Crippen LogP contribution is 2.15. The van der Waals surface area contributed by atoms with Crippen molar-refractivity contribution in [2.45, 2.75) is 0 Å². The van der Waals surface area contributed by atoms with Gasteiger partial charge in [0.05, 0.1) is 22.2 Å². The number of carbonyl (C=O) groups is 1. The molecule has 0 atom stereocenters. The molecule has 0 unspecified atom stereocenters. The van der Waals surface area contributed by atoms with Gasteiger partial charge in [0.2, 0.25) is 5.43 Å². The van der Waals surface area contributed by atoms with Gasteiger partial charge in [0.15, 0.2) is 0 Å². The topological polar surface area (TPSA) is 117 Å². The fourth-order valence-electron chi connectivity index (χ4n) is 2.37. The molecule has 9 heteroatoms. The van der Waals surface area contributed by atoms with E-state index in [0.29, 0.717) is 0 Å². The normalized spacial score (nSPS) is 11.0. The Morgan fingerprint density at radius 2 is 2.00 bits per heavy atom. The molecule has 0 bridgehead atoms. The molecule has 3 rings (SSSR count). The third-order valence-corrected chi connectivity index (χ3v) is 3.61. The lowest BCUT2D eigenvalue weighted by Gasteiger charge is -2.03. The standard InChI is InChI=1S/C17H11FN4O4/c18-13-6-3-5-11-15(13)19-9-12(16(11)23)17(24)21-20-8-10-4-1-2-7-14(10)22(25)26/h1-9H,(H,19,23)(H,21,24)/b20-8+. The first-order valence-electron chi connectivity index (χ1n) is 7.36. The maximum absolute atomic E-state index is 13.6. The zero-order chi connectivity index (χ0) is 18.7. The molecule has 3 aromatic rings. The number of pyridine rings is 1. The number of nitrogens with zero attached hydrogens (tertiary/aromatic N) is 2. The lowest BCUT2D eigenvalue weighted by atomic mass is 10.1. The van der Waals surface area contributed by atoms with Crippen molar-refractivity contribution in [1.82, 2.24) is 10.4 Å². The highest BCUT2D eigenvalue weighted by Gasteiger charge is 2.14. The van der Waals surface area contributed by atoms with Gasteiger partial charge >= 0.3 is 0 Å². The lowest BCUT2D eigenvalue weighted by molar-refractivity contribution is -0.385. The maximum Gasteiger partial charge on any atom is 0.278 e. The van der Waals surface area contributed by atoms with E-state index in [2.05, 4.69) is 15.5 Å². The molecule has 2 N–H and O–H groups in total. The van der Waals surface area contributed by atoms with Crippen LogP contribution in [0, 0.1) is 15.9 Å². The Hall–Kier alpha value is -3.88. The van der Waals surface area contributed by atoms with Crippen molar-refractivity contribution in [2.24, 2.45) is 5.10 Å². The van der Waals surface area contributed by atoms with Crippen LogP contribution < -0.4 is 10.9 Å². The number of benzene rings is 2. The molecule has 0 saturated carbocycles. The van der Waals surface area contributed by atoms with Crippen molar-refractivity contribution < 1.29 is 14.1 Å². The number of rotatable bonds is 4. The maximum atomic E-state index is 13.6. The first-order chi connectivity index (χ1) is 12.5. The molecule has 0 aliphatic carbocycles. The van der Waals surface area contributed by atoms with Crippen LogP contribution in [0.3, 0.4) is 0 Å². The van der Waals surface area contributed by atoms with E-state index >= 15 is 0 Å². The molecule has 0 aliphatic heterocycles. The molecule has 1 amide bonds.